The Hall–Kier alpha value is -2.42. The molecule has 0 amide bonds. The quantitative estimate of drug-likeness (QED) is 0.587. The van der Waals surface area contributed by atoms with E-state index in [-0.39, 0.29) is 5.60 Å². The number of rotatable bonds is 4. The van der Waals surface area contributed by atoms with Gasteiger partial charge in [0.25, 0.3) is 0 Å². The normalized spacial score (nSPS) is 16.1. The van der Waals surface area contributed by atoms with Crippen LogP contribution in [0.5, 0.6) is 0 Å². The zero-order valence-electron chi connectivity index (χ0n) is 15.3. The minimum atomic E-state index is -0.164. The second-order valence-electron chi connectivity index (χ2n) is 7.41. The molecule has 0 aromatic carbocycles. The lowest BCUT2D eigenvalue weighted by atomic mass is 9.94. The average Bonchev–Trinajstić information content (AvgIpc) is 3.22. The maximum absolute atomic E-state index is 5.96. The fraction of sp³-hybridized carbons (Fsp3) is 0.368. The van der Waals surface area contributed by atoms with Gasteiger partial charge in [0.1, 0.15) is 11.2 Å². The Labute approximate surface area is 160 Å². The largest absolute Gasteiger partial charge is 0.370 e. The SMILES string of the molecule is CC1(C)Cc2c(sc3ncn4nc(CNCc5ccncc5)nc4c23)CO1. The summed E-state index contributed by atoms with van der Waals surface area (Å²) in [5, 5.41) is 9.12. The van der Waals surface area contributed by atoms with Crippen LogP contribution in [-0.2, 0) is 30.9 Å². The Kier molecular flexibility index (Phi) is 3.92. The molecule has 0 fully saturated rings. The van der Waals surface area contributed by atoms with E-state index < -0.39 is 0 Å². The van der Waals surface area contributed by atoms with Crippen molar-refractivity contribution in [2.45, 2.75) is 45.6 Å². The predicted octanol–water partition coefficient (Wildman–Crippen LogP) is 2.88. The van der Waals surface area contributed by atoms with Crippen molar-refractivity contribution < 1.29 is 4.74 Å². The van der Waals surface area contributed by atoms with Gasteiger partial charge in [-0.3, -0.25) is 4.98 Å². The van der Waals surface area contributed by atoms with Crippen molar-refractivity contribution in [3.63, 3.8) is 0 Å². The summed E-state index contributed by atoms with van der Waals surface area (Å²) in [6, 6.07) is 4.00. The molecule has 27 heavy (non-hydrogen) atoms. The summed E-state index contributed by atoms with van der Waals surface area (Å²) in [7, 11) is 0. The standard InChI is InChI=1S/C19H20N6OS/c1-19(2)7-13-14(10-26-19)27-18-16(13)17-23-15(24-25(17)11-22-18)9-21-8-12-3-5-20-6-4-12/h3-6,11,21H,7-10H2,1-2H3. The van der Waals surface area contributed by atoms with Crippen LogP contribution in [0.1, 0.15) is 35.7 Å². The number of ether oxygens (including phenoxy) is 1. The van der Waals surface area contributed by atoms with Gasteiger partial charge in [-0.05, 0) is 37.1 Å². The summed E-state index contributed by atoms with van der Waals surface area (Å²) in [5.41, 5.74) is 3.22. The monoisotopic (exact) mass is 380 g/mol. The van der Waals surface area contributed by atoms with E-state index in [4.69, 9.17) is 9.72 Å². The molecule has 0 bridgehead atoms. The van der Waals surface area contributed by atoms with E-state index in [0.717, 1.165) is 34.7 Å². The summed E-state index contributed by atoms with van der Waals surface area (Å²) in [5.74, 6) is 0.768. The Bertz CT molecular complexity index is 1120. The van der Waals surface area contributed by atoms with Crippen molar-refractivity contribution in [2.75, 3.05) is 0 Å². The second-order valence-corrected chi connectivity index (χ2v) is 8.49. The highest BCUT2D eigenvalue weighted by atomic mass is 32.1. The molecule has 0 radical (unpaired) electrons. The zero-order valence-corrected chi connectivity index (χ0v) is 16.1. The van der Waals surface area contributed by atoms with Gasteiger partial charge in [0.05, 0.1) is 24.1 Å². The van der Waals surface area contributed by atoms with Crippen molar-refractivity contribution in [3.8, 4) is 0 Å². The molecular formula is C19H20N6OS. The number of hydrogen-bond donors (Lipinski definition) is 1. The maximum Gasteiger partial charge on any atom is 0.168 e. The van der Waals surface area contributed by atoms with Crippen molar-refractivity contribution in [1.82, 2.24) is 29.9 Å². The number of nitrogens with one attached hydrogen (secondary N) is 1. The molecule has 1 aliphatic heterocycles. The summed E-state index contributed by atoms with van der Waals surface area (Å²) in [6.45, 7) is 6.26. The predicted molar refractivity (Wildman–Crippen MR) is 104 cm³/mol. The molecule has 4 aromatic rings. The maximum atomic E-state index is 5.96. The van der Waals surface area contributed by atoms with Crippen molar-refractivity contribution >= 4 is 27.2 Å². The van der Waals surface area contributed by atoms with Gasteiger partial charge in [0.15, 0.2) is 11.5 Å². The van der Waals surface area contributed by atoms with Gasteiger partial charge in [-0.1, -0.05) is 0 Å². The average molecular weight is 380 g/mol. The Morgan fingerprint density at radius 1 is 1.26 bits per heavy atom. The van der Waals surface area contributed by atoms with Gasteiger partial charge < -0.3 is 10.1 Å². The molecule has 138 valence electrons. The first-order chi connectivity index (χ1) is 13.1. The van der Waals surface area contributed by atoms with Gasteiger partial charge in [-0.2, -0.15) is 0 Å². The van der Waals surface area contributed by atoms with Gasteiger partial charge in [-0.25, -0.2) is 14.5 Å². The first kappa shape index (κ1) is 16.7. The zero-order chi connectivity index (χ0) is 18.4. The van der Waals surface area contributed by atoms with Crippen LogP contribution in [0.4, 0.5) is 0 Å². The highest BCUT2D eigenvalue weighted by Gasteiger charge is 2.30. The van der Waals surface area contributed by atoms with Crippen molar-refractivity contribution in [3.05, 3.63) is 52.7 Å². The fourth-order valence-corrected chi connectivity index (χ4v) is 4.55. The summed E-state index contributed by atoms with van der Waals surface area (Å²) in [4.78, 5) is 15.7. The molecule has 0 unspecified atom stereocenters. The third-order valence-corrected chi connectivity index (χ3v) is 5.93. The third kappa shape index (κ3) is 3.09. The van der Waals surface area contributed by atoms with Crippen LogP contribution in [0.25, 0.3) is 15.9 Å². The summed E-state index contributed by atoms with van der Waals surface area (Å²) < 4.78 is 7.75. The van der Waals surface area contributed by atoms with Crippen LogP contribution in [-0.4, -0.2) is 30.2 Å². The van der Waals surface area contributed by atoms with Gasteiger partial charge >= 0.3 is 0 Å². The molecule has 5 rings (SSSR count). The summed E-state index contributed by atoms with van der Waals surface area (Å²) >= 11 is 1.70. The minimum Gasteiger partial charge on any atom is -0.370 e. The van der Waals surface area contributed by atoms with E-state index in [1.807, 2.05) is 12.1 Å². The first-order valence-electron chi connectivity index (χ1n) is 8.97. The van der Waals surface area contributed by atoms with Gasteiger partial charge in [0, 0.05) is 30.2 Å². The van der Waals surface area contributed by atoms with E-state index in [2.05, 4.69) is 34.2 Å². The van der Waals surface area contributed by atoms with E-state index in [1.54, 1.807) is 34.6 Å². The second kappa shape index (κ2) is 6.33. The topological polar surface area (TPSA) is 77.2 Å². The number of thiophene rings is 1. The molecule has 1 N–H and O–H groups in total. The van der Waals surface area contributed by atoms with E-state index >= 15 is 0 Å². The van der Waals surface area contributed by atoms with Crippen LogP contribution in [0.2, 0.25) is 0 Å². The van der Waals surface area contributed by atoms with E-state index in [0.29, 0.717) is 13.2 Å². The molecule has 0 atom stereocenters. The molecule has 0 aliphatic carbocycles. The van der Waals surface area contributed by atoms with Crippen molar-refractivity contribution in [2.24, 2.45) is 0 Å². The third-order valence-electron chi connectivity index (χ3n) is 4.81. The van der Waals surface area contributed by atoms with Crippen LogP contribution in [0, 0.1) is 0 Å². The molecule has 8 heteroatoms. The summed E-state index contributed by atoms with van der Waals surface area (Å²) in [6.07, 6.45) is 6.22. The van der Waals surface area contributed by atoms with Crippen molar-refractivity contribution in [1.29, 1.82) is 0 Å². The smallest absolute Gasteiger partial charge is 0.168 e. The number of hydrogen-bond acceptors (Lipinski definition) is 7. The van der Waals surface area contributed by atoms with E-state index in [9.17, 15) is 0 Å². The molecule has 0 spiro atoms. The Morgan fingerprint density at radius 3 is 2.96 bits per heavy atom. The molecule has 7 nitrogen and oxygen atoms in total. The Balaban J connectivity index is 1.46. The number of fused-ring (bicyclic) bond motifs is 5. The van der Waals surface area contributed by atoms with Crippen LogP contribution in [0.15, 0.2) is 30.9 Å². The molecule has 5 heterocycles. The lowest BCUT2D eigenvalue weighted by molar-refractivity contribution is -0.0379. The van der Waals surface area contributed by atoms with Crippen LogP contribution < -0.4 is 5.32 Å². The number of nitrogens with zero attached hydrogens (tertiary/aromatic N) is 5. The number of pyridine rings is 1. The lowest BCUT2D eigenvalue weighted by Gasteiger charge is -2.30. The Morgan fingerprint density at radius 2 is 2.11 bits per heavy atom. The highest BCUT2D eigenvalue weighted by Crippen LogP contribution is 2.39. The highest BCUT2D eigenvalue weighted by molar-refractivity contribution is 7.19. The van der Waals surface area contributed by atoms with Crippen LogP contribution in [0.3, 0.4) is 0 Å². The van der Waals surface area contributed by atoms with Gasteiger partial charge in [-0.15, -0.1) is 16.4 Å². The fourth-order valence-electron chi connectivity index (χ4n) is 3.48. The molecule has 4 aromatic heterocycles. The molecule has 1 aliphatic rings. The molecule has 0 saturated carbocycles. The first-order valence-corrected chi connectivity index (χ1v) is 9.79. The van der Waals surface area contributed by atoms with Gasteiger partial charge in [0.2, 0.25) is 0 Å². The van der Waals surface area contributed by atoms with E-state index in [1.165, 1.54) is 16.0 Å². The van der Waals surface area contributed by atoms with Crippen LogP contribution >= 0.6 is 11.3 Å². The molecular weight excluding hydrogens is 360 g/mol. The molecule has 0 saturated heterocycles. The minimum absolute atomic E-state index is 0.164. The number of aromatic nitrogens is 5. The lowest BCUT2D eigenvalue weighted by Crippen LogP contribution is -2.31.